The van der Waals surface area contributed by atoms with Crippen molar-refractivity contribution in [3.63, 3.8) is 0 Å². The zero-order valence-corrected chi connectivity index (χ0v) is 25.6. The molecule has 2 heterocycles. The first kappa shape index (κ1) is 31.4. The summed E-state index contributed by atoms with van der Waals surface area (Å²) >= 11 is 0. The SMILES string of the molecule is CCCOCCOCCOCCNC(=O)c1ccc(Nc2ncc3c(n2)N(C2CCCC2)c2ccccc2C(=O)N3C)cc1. The number of aromatic nitrogens is 2. The third-order valence-electron chi connectivity index (χ3n) is 7.76. The fourth-order valence-electron chi connectivity index (χ4n) is 5.50. The molecule has 2 aliphatic rings. The standard InChI is InChI=1S/C33H42N6O5/c1-3-17-42-19-21-44-22-20-43-18-16-34-31(40)24-12-14-25(15-13-24)36-33-35-23-29-30(37-33)39(26-8-4-5-9-26)28-11-7-6-10-27(28)32(41)38(29)2/h6-7,10-15,23,26H,3-5,8-9,16-22H2,1-2H3,(H,34,40)(H,35,36,37). The van der Waals surface area contributed by atoms with Gasteiger partial charge in [-0.25, -0.2) is 4.98 Å². The number of nitrogens with zero attached hydrogens (tertiary/aromatic N) is 4. The molecule has 0 saturated heterocycles. The quantitative estimate of drug-likeness (QED) is 0.230. The highest BCUT2D eigenvalue weighted by atomic mass is 16.5. The Bertz CT molecular complexity index is 1400. The number of fused-ring (bicyclic) bond motifs is 2. The van der Waals surface area contributed by atoms with E-state index >= 15 is 0 Å². The van der Waals surface area contributed by atoms with Crippen LogP contribution in [0.5, 0.6) is 0 Å². The van der Waals surface area contributed by atoms with Gasteiger partial charge in [0.25, 0.3) is 11.8 Å². The Labute approximate surface area is 258 Å². The molecular weight excluding hydrogens is 560 g/mol. The Morgan fingerprint density at radius 3 is 2.32 bits per heavy atom. The van der Waals surface area contributed by atoms with Crippen molar-refractivity contribution in [1.82, 2.24) is 15.3 Å². The molecular formula is C33H42N6O5. The molecule has 2 N–H and O–H groups in total. The van der Waals surface area contributed by atoms with E-state index in [2.05, 4.69) is 27.4 Å². The molecule has 1 fully saturated rings. The van der Waals surface area contributed by atoms with E-state index in [1.807, 2.05) is 36.4 Å². The number of ether oxygens (including phenoxy) is 3. The summed E-state index contributed by atoms with van der Waals surface area (Å²) in [5, 5.41) is 6.14. The van der Waals surface area contributed by atoms with Crippen LogP contribution in [0.25, 0.3) is 0 Å². The number of rotatable bonds is 15. The highest BCUT2D eigenvalue weighted by Crippen LogP contribution is 2.43. The van der Waals surface area contributed by atoms with Crippen LogP contribution in [0.2, 0.25) is 0 Å². The largest absolute Gasteiger partial charge is 0.379 e. The fraction of sp³-hybridized carbons (Fsp3) is 0.455. The van der Waals surface area contributed by atoms with Crippen LogP contribution in [0.1, 0.15) is 59.7 Å². The molecule has 1 aromatic heterocycles. The van der Waals surface area contributed by atoms with Crippen molar-refractivity contribution >= 4 is 40.6 Å². The summed E-state index contributed by atoms with van der Waals surface area (Å²) in [7, 11) is 1.77. The van der Waals surface area contributed by atoms with E-state index in [9.17, 15) is 9.59 Å². The lowest BCUT2D eigenvalue weighted by Crippen LogP contribution is -2.30. The maximum atomic E-state index is 13.4. The molecule has 44 heavy (non-hydrogen) atoms. The number of nitrogens with one attached hydrogen (secondary N) is 2. The molecule has 11 heteroatoms. The van der Waals surface area contributed by atoms with Gasteiger partial charge in [0.1, 0.15) is 5.69 Å². The van der Waals surface area contributed by atoms with Crippen molar-refractivity contribution in [1.29, 1.82) is 0 Å². The molecule has 5 rings (SSSR count). The normalized spacial score (nSPS) is 14.7. The Balaban J connectivity index is 1.17. The van der Waals surface area contributed by atoms with Crippen LogP contribution < -0.4 is 20.4 Å². The van der Waals surface area contributed by atoms with Gasteiger partial charge in [-0.05, 0) is 55.7 Å². The van der Waals surface area contributed by atoms with Crippen molar-refractivity contribution in [2.75, 3.05) is 68.4 Å². The summed E-state index contributed by atoms with van der Waals surface area (Å²) in [6.07, 6.45) is 7.08. The minimum absolute atomic E-state index is 0.0789. The summed E-state index contributed by atoms with van der Waals surface area (Å²) in [6, 6.07) is 15.1. The first-order valence-corrected chi connectivity index (χ1v) is 15.5. The molecule has 1 saturated carbocycles. The van der Waals surface area contributed by atoms with E-state index < -0.39 is 0 Å². The molecule has 0 radical (unpaired) electrons. The van der Waals surface area contributed by atoms with Crippen molar-refractivity contribution in [2.24, 2.45) is 0 Å². The lowest BCUT2D eigenvalue weighted by Gasteiger charge is -2.31. The Kier molecular flexibility index (Phi) is 11.1. The second-order valence-electron chi connectivity index (χ2n) is 10.9. The third-order valence-corrected chi connectivity index (χ3v) is 7.76. The lowest BCUT2D eigenvalue weighted by atomic mass is 10.1. The second kappa shape index (κ2) is 15.6. The zero-order chi connectivity index (χ0) is 30.7. The highest BCUT2D eigenvalue weighted by molar-refractivity contribution is 6.13. The number of hydrogen-bond acceptors (Lipinski definition) is 9. The summed E-state index contributed by atoms with van der Waals surface area (Å²) < 4.78 is 16.3. The summed E-state index contributed by atoms with van der Waals surface area (Å²) in [6.45, 7) is 5.72. The molecule has 234 valence electrons. The van der Waals surface area contributed by atoms with Crippen molar-refractivity contribution in [2.45, 2.75) is 45.1 Å². The van der Waals surface area contributed by atoms with Gasteiger partial charge < -0.3 is 34.6 Å². The number of amides is 2. The maximum Gasteiger partial charge on any atom is 0.260 e. The first-order valence-electron chi connectivity index (χ1n) is 15.5. The van der Waals surface area contributed by atoms with Gasteiger partial charge in [0.05, 0.1) is 50.5 Å². The summed E-state index contributed by atoms with van der Waals surface area (Å²) in [5.41, 5.74) is 3.49. The molecule has 11 nitrogen and oxygen atoms in total. The highest BCUT2D eigenvalue weighted by Gasteiger charge is 2.35. The van der Waals surface area contributed by atoms with Crippen molar-refractivity contribution in [3.8, 4) is 0 Å². The second-order valence-corrected chi connectivity index (χ2v) is 10.9. The van der Waals surface area contributed by atoms with Crippen molar-refractivity contribution < 1.29 is 23.8 Å². The van der Waals surface area contributed by atoms with Gasteiger partial charge in [0.2, 0.25) is 5.95 Å². The van der Waals surface area contributed by atoms with E-state index in [1.54, 1.807) is 30.3 Å². The van der Waals surface area contributed by atoms with E-state index in [0.29, 0.717) is 68.2 Å². The number of carbonyl (C=O) groups excluding carboxylic acids is 2. The van der Waals surface area contributed by atoms with Crippen LogP contribution in [-0.4, -0.2) is 81.1 Å². The molecule has 1 aliphatic carbocycles. The van der Waals surface area contributed by atoms with E-state index in [0.717, 1.165) is 50.1 Å². The molecule has 0 atom stereocenters. The van der Waals surface area contributed by atoms with Gasteiger partial charge >= 0.3 is 0 Å². The molecule has 0 unspecified atom stereocenters. The predicted octanol–water partition coefficient (Wildman–Crippen LogP) is 5.08. The summed E-state index contributed by atoms with van der Waals surface area (Å²) in [4.78, 5) is 39.3. The topological polar surface area (TPSA) is 118 Å². The number of carbonyl (C=O) groups is 2. The van der Waals surface area contributed by atoms with Crippen LogP contribution in [-0.2, 0) is 14.2 Å². The Morgan fingerprint density at radius 2 is 1.59 bits per heavy atom. The third kappa shape index (κ3) is 7.71. The van der Waals surface area contributed by atoms with E-state index in [-0.39, 0.29) is 17.9 Å². The average molecular weight is 603 g/mol. The zero-order valence-electron chi connectivity index (χ0n) is 25.6. The molecule has 1 aliphatic heterocycles. The first-order chi connectivity index (χ1) is 21.6. The van der Waals surface area contributed by atoms with Crippen LogP contribution >= 0.6 is 0 Å². The molecule has 3 aromatic rings. The van der Waals surface area contributed by atoms with Crippen LogP contribution in [0, 0.1) is 0 Å². The number of benzene rings is 2. The maximum absolute atomic E-state index is 13.4. The van der Waals surface area contributed by atoms with Gasteiger partial charge in [0, 0.05) is 37.5 Å². The number of para-hydroxylation sites is 1. The Hall–Kier alpha value is -4.06. The molecule has 2 amide bonds. The van der Waals surface area contributed by atoms with Crippen LogP contribution in [0.4, 0.5) is 28.8 Å². The minimum Gasteiger partial charge on any atom is -0.379 e. The van der Waals surface area contributed by atoms with Crippen LogP contribution in [0.3, 0.4) is 0 Å². The van der Waals surface area contributed by atoms with Crippen LogP contribution in [0.15, 0.2) is 54.7 Å². The Morgan fingerprint density at radius 1 is 0.909 bits per heavy atom. The molecule has 0 spiro atoms. The average Bonchev–Trinajstić information content (AvgIpc) is 3.56. The van der Waals surface area contributed by atoms with E-state index in [1.165, 1.54) is 0 Å². The van der Waals surface area contributed by atoms with Gasteiger partial charge in [-0.1, -0.05) is 31.9 Å². The monoisotopic (exact) mass is 602 g/mol. The lowest BCUT2D eigenvalue weighted by molar-refractivity contribution is 0.0152. The van der Waals surface area contributed by atoms with Gasteiger partial charge in [-0.15, -0.1) is 0 Å². The van der Waals surface area contributed by atoms with Crippen molar-refractivity contribution in [3.05, 3.63) is 65.9 Å². The number of anilines is 5. The molecule has 0 bridgehead atoms. The molecule has 2 aromatic carbocycles. The summed E-state index contributed by atoms with van der Waals surface area (Å²) in [5.74, 6) is 0.869. The van der Waals surface area contributed by atoms with Gasteiger partial charge in [-0.3, -0.25) is 9.59 Å². The predicted molar refractivity (Wildman–Crippen MR) is 170 cm³/mol. The minimum atomic E-state index is -0.177. The fourth-order valence-corrected chi connectivity index (χ4v) is 5.50. The van der Waals surface area contributed by atoms with E-state index in [4.69, 9.17) is 19.2 Å². The van der Waals surface area contributed by atoms with Gasteiger partial charge in [0.15, 0.2) is 5.82 Å². The number of hydrogen-bond donors (Lipinski definition) is 2. The van der Waals surface area contributed by atoms with Gasteiger partial charge in [-0.2, -0.15) is 4.98 Å². The smallest absolute Gasteiger partial charge is 0.260 e.